The van der Waals surface area contributed by atoms with Crippen LogP contribution in [0.25, 0.3) is 0 Å². The molecule has 1 aromatic rings. The summed E-state index contributed by atoms with van der Waals surface area (Å²) in [6, 6.07) is 9.05. The summed E-state index contributed by atoms with van der Waals surface area (Å²) in [7, 11) is 1.72. The van der Waals surface area contributed by atoms with Gasteiger partial charge in [0.05, 0.1) is 12.1 Å². The molecule has 0 radical (unpaired) electrons. The molecular formula is C17H25N3O3. The van der Waals surface area contributed by atoms with Crippen LogP contribution < -0.4 is 5.73 Å². The molecule has 0 saturated carbocycles. The second-order valence-corrected chi connectivity index (χ2v) is 6.04. The topological polar surface area (TPSA) is 75.9 Å². The summed E-state index contributed by atoms with van der Waals surface area (Å²) in [5.41, 5.74) is 6.58. The minimum atomic E-state index is -0.528. The van der Waals surface area contributed by atoms with E-state index in [0.29, 0.717) is 13.1 Å². The highest BCUT2D eigenvalue weighted by Gasteiger charge is 2.31. The summed E-state index contributed by atoms with van der Waals surface area (Å²) in [6.45, 7) is 3.08. The molecule has 2 atom stereocenters. The van der Waals surface area contributed by atoms with E-state index in [1.807, 2.05) is 30.3 Å². The van der Waals surface area contributed by atoms with E-state index >= 15 is 0 Å². The molecule has 2 N–H and O–H groups in total. The van der Waals surface area contributed by atoms with E-state index < -0.39 is 6.04 Å². The Morgan fingerprint density at radius 1 is 1.39 bits per heavy atom. The van der Waals surface area contributed by atoms with E-state index in [1.165, 1.54) is 0 Å². The smallest absolute Gasteiger partial charge is 0.410 e. The molecule has 1 unspecified atom stereocenters. The first-order valence-electron chi connectivity index (χ1n) is 7.97. The van der Waals surface area contributed by atoms with Crippen LogP contribution in [0.15, 0.2) is 30.3 Å². The second-order valence-electron chi connectivity index (χ2n) is 6.04. The van der Waals surface area contributed by atoms with Crippen LogP contribution >= 0.6 is 0 Å². The fourth-order valence-corrected chi connectivity index (χ4v) is 2.82. The van der Waals surface area contributed by atoms with Crippen LogP contribution in [0.1, 0.15) is 25.3 Å². The minimum Gasteiger partial charge on any atom is -0.445 e. The molecule has 1 aromatic carbocycles. The van der Waals surface area contributed by atoms with Crippen molar-refractivity contribution in [2.75, 3.05) is 20.1 Å². The first kappa shape index (κ1) is 17.3. The molecular weight excluding hydrogens is 294 g/mol. The average Bonchev–Trinajstić information content (AvgIpc) is 3.00. The van der Waals surface area contributed by atoms with Gasteiger partial charge in [-0.2, -0.15) is 0 Å². The Morgan fingerprint density at radius 3 is 2.74 bits per heavy atom. The molecule has 2 amide bonds. The molecule has 0 spiro atoms. The van der Waals surface area contributed by atoms with Crippen molar-refractivity contribution in [3.63, 3.8) is 0 Å². The van der Waals surface area contributed by atoms with Gasteiger partial charge in [-0.25, -0.2) is 4.79 Å². The number of nitrogens with zero attached hydrogens (tertiary/aromatic N) is 2. The number of likely N-dealkylation sites (N-methyl/N-ethyl adjacent to an activating group) is 1. The number of benzene rings is 1. The van der Waals surface area contributed by atoms with Crippen LogP contribution in [-0.4, -0.2) is 54.0 Å². The van der Waals surface area contributed by atoms with E-state index in [4.69, 9.17) is 10.5 Å². The van der Waals surface area contributed by atoms with Crippen LogP contribution in [0.3, 0.4) is 0 Å². The predicted octanol–water partition coefficient (Wildman–Crippen LogP) is 1.59. The van der Waals surface area contributed by atoms with Crippen molar-refractivity contribution in [1.29, 1.82) is 0 Å². The summed E-state index contributed by atoms with van der Waals surface area (Å²) in [4.78, 5) is 27.5. The molecule has 1 aliphatic rings. The standard InChI is InChI=1S/C17H25N3O3/c1-13(18)16(21)19(2)11-15-9-6-10-20(15)17(22)23-12-14-7-4-3-5-8-14/h3-5,7-8,13,15H,6,9-12,18H2,1-2H3/t13-,15?/m0/s1. The highest BCUT2D eigenvalue weighted by atomic mass is 16.6. The Morgan fingerprint density at radius 2 is 2.09 bits per heavy atom. The van der Waals surface area contributed by atoms with Gasteiger partial charge < -0.3 is 20.3 Å². The van der Waals surface area contributed by atoms with Gasteiger partial charge in [-0.05, 0) is 25.3 Å². The fourth-order valence-electron chi connectivity index (χ4n) is 2.82. The van der Waals surface area contributed by atoms with E-state index in [-0.39, 0.29) is 24.6 Å². The number of carbonyl (C=O) groups is 2. The fraction of sp³-hybridized carbons (Fsp3) is 0.529. The van der Waals surface area contributed by atoms with Gasteiger partial charge in [0, 0.05) is 20.1 Å². The van der Waals surface area contributed by atoms with Crippen molar-refractivity contribution in [2.24, 2.45) is 5.73 Å². The highest BCUT2D eigenvalue weighted by Crippen LogP contribution is 2.19. The summed E-state index contributed by atoms with van der Waals surface area (Å²) in [6.07, 6.45) is 1.47. The van der Waals surface area contributed by atoms with Crippen LogP contribution in [0.5, 0.6) is 0 Å². The van der Waals surface area contributed by atoms with Gasteiger partial charge >= 0.3 is 6.09 Å². The maximum Gasteiger partial charge on any atom is 0.410 e. The first-order chi connectivity index (χ1) is 11.0. The molecule has 1 fully saturated rings. The Balaban J connectivity index is 1.87. The van der Waals surface area contributed by atoms with Crippen molar-refractivity contribution >= 4 is 12.0 Å². The molecule has 23 heavy (non-hydrogen) atoms. The van der Waals surface area contributed by atoms with E-state index in [0.717, 1.165) is 18.4 Å². The number of hydrogen-bond donors (Lipinski definition) is 1. The maximum atomic E-state index is 12.3. The largest absolute Gasteiger partial charge is 0.445 e. The molecule has 126 valence electrons. The van der Waals surface area contributed by atoms with Gasteiger partial charge in [-0.1, -0.05) is 30.3 Å². The minimum absolute atomic E-state index is 0.00836. The van der Waals surface area contributed by atoms with Crippen LogP contribution in [0, 0.1) is 0 Å². The molecule has 0 aliphatic carbocycles. The quantitative estimate of drug-likeness (QED) is 0.894. The Hall–Kier alpha value is -2.08. The monoisotopic (exact) mass is 319 g/mol. The number of hydrogen-bond acceptors (Lipinski definition) is 4. The maximum absolute atomic E-state index is 12.3. The molecule has 2 rings (SSSR count). The second kappa shape index (κ2) is 7.97. The Labute approximate surface area is 137 Å². The SMILES string of the molecule is C[C@H](N)C(=O)N(C)CC1CCCN1C(=O)OCc1ccccc1. The number of likely N-dealkylation sites (tertiary alicyclic amines) is 1. The molecule has 0 aromatic heterocycles. The van der Waals surface area contributed by atoms with Crippen LogP contribution in [0.4, 0.5) is 4.79 Å². The van der Waals surface area contributed by atoms with E-state index in [2.05, 4.69) is 0 Å². The summed E-state index contributed by atoms with van der Waals surface area (Å²) < 4.78 is 5.39. The lowest BCUT2D eigenvalue weighted by Gasteiger charge is -2.29. The van der Waals surface area contributed by atoms with Crippen molar-refractivity contribution in [1.82, 2.24) is 9.80 Å². The summed E-state index contributed by atoms with van der Waals surface area (Å²) >= 11 is 0. The Kier molecular flexibility index (Phi) is 5.98. The third-order valence-corrected chi connectivity index (χ3v) is 4.07. The van der Waals surface area contributed by atoms with Gasteiger partial charge in [0.25, 0.3) is 0 Å². The molecule has 1 saturated heterocycles. The lowest BCUT2D eigenvalue weighted by atomic mass is 10.2. The molecule has 6 nitrogen and oxygen atoms in total. The predicted molar refractivity (Wildman–Crippen MR) is 87.6 cm³/mol. The Bertz CT molecular complexity index is 533. The van der Waals surface area contributed by atoms with E-state index in [9.17, 15) is 9.59 Å². The molecule has 6 heteroatoms. The van der Waals surface area contributed by atoms with E-state index in [1.54, 1.807) is 23.8 Å². The average molecular weight is 319 g/mol. The van der Waals surface area contributed by atoms with Crippen LogP contribution in [0.2, 0.25) is 0 Å². The number of ether oxygens (including phenoxy) is 1. The molecule has 0 bridgehead atoms. The zero-order valence-corrected chi connectivity index (χ0v) is 13.8. The van der Waals surface area contributed by atoms with Crippen molar-refractivity contribution in [3.8, 4) is 0 Å². The zero-order chi connectivity index (χ0) is 16.8. The molecule has 1 aliphatic heterocycles. The lowest BCUT2D eigenvalue weighted by Crippen LogP contribution is -2.47. The normalized spacial score (nSPS) is 18.6. The summed E-state index contributed by atoms with van der Waals surface area (Å²) in [5.74, 6) is -0.116. The summed E-state index contributed by atoms with van der Waals surface area (Å²) in [5, 5.41) is 0. The number of rotatable bonds is 5. The van der Waals surface area contributed by atoms with Crippen molar-refractivity contribution in [2.45, 2.75) is 38.5 Å². The number of nitrogens with two attached hydrogens (primary N) is 1. The van der Waals surface area contributed by atoms with Gasteiger partial charge in [0.2, 0.25) is 5.91 Å². The van der Waals surface area contributed by atoms with Gasteiger partial charge in [0.1, 0.15) is 6.61 Å². The third-order valence-electron chi connectivity index (χ3n) is 4.07. The number of amides is 2. The molecule has 1 heterocycles. The van der Waals surface area contributed by atoms with Gasteiger partial charge in [-0.15, -0.1) is 0 Å². The number of carbonyl (C=O) groups excluding carboxylic acids is 2. The lowest BCUT2D eigenvalue weighted by molar-refractivity contribution is -0.131. The zero-order valence-electron chi connectivity index (χ0n) is 13.8. The van der Waals surface area contributed by atoms with Crippen LogP contribution in [-0.2, 0) is 16.1 Å². The van der Waals surface area contributed by atoms with Gasteiger partial charge in [-0.3, -0.25) is 4.79 Å². The van der Waals surface area contributed by atoms with Gasteiger partial charge in [0.15, 0.2) is 0 Å². The highest BCUT2D eigenvalue weighted by molar-refractivity contribution is 5.81. The van der Waals surface area contributed by atoms with Crippen molar-refractivity contribution < 1.29 is 14.3 Å². The van der Waals surface area contributed by atoms with Crippen molar-refractivity contribution in [3.05, 3.63) is 35.9 Å². The first-order valence-corrected chi connectivity index (χ1v) is 7.97. The third kappa shape index (κ3) is 4.69.